The van der Waals surface area contributed by atoms with Gasteiger partial charge in [-0.05, 0) is 36.2 Å². The minimum absolute atomic E-state index is 0.0320. The van der Waals surface area contributed by atoms with E-state index in [1.54, 1.807) is 22.7 Å². The lowest BCUT2D eigenvalue weighted by Crippen LogP contribution is -2.24. The topological polar surface area (TPSA) is 79.3 Å². The molecule has 0 saturated heterocycles. The van der Waals surface area contributed by atoms with E-state index in [1.807, 2.05) is 30.7 Å². The SMILES string of the molecule is Cc1nc(CC(=O)NCc2ccsc2)c(C)s1.O=C(O)C(F)(F)F. The number of thiazole rings is 1. The van der Waals surface area contributed by atoms with Crippen molar-refractivity contribution in [2.75, 3.05) is 0 Å². The van der Waals surface area contributed by atoms with Gasteiger partial charge in [-0.25, -0.2) is 9.78 Å². The zero-order chi connectivity index (χ0) is 18.3. The summed E-state index contributed by atoms with van der Waals surface area (Å²) in [5, 5.41) is 15.1. The van der Waals surface area contributed by atoms with E-state index >= 15 is 0 Å². The first kappa shape index (κ1) is 20.1. The number of rotatable bonds is 4. The molecule has 132 valence electrons. The first-order valence-electron chi connectivity index (χ1n) is 6.60. The number of aromatic nitrogens is 1. The van der Waals surface area contributed by atoms with Gasteiger partial charge in [-0.15, -0.1) is 11.3 Å². The number of hydrogen-bond donors (Lipinski definition) is 2. The summed E-state index contributed by atoms with van der Waals surface area (Å²) in [5.41, 5.74) is 2.05. The number of alkyl halides is 3. The van der Waals surface area contributed by atoms with Crippen molar-refractivity contribution in [1.29, 1.82) is 0 Å². The molecule has 0 spiro atoms. The largest absolute Gasteiger partial charge is 0.490 e. The van der Waals surface area contributed by atoms with Crippen LogP contribution in [-0.4, -0.2) is 28.1 Å². The number of thiophene rings is 1. The smallest absolute Gasteiger partial charge is 0.475 e. The average Bonchev–Trinajstić information content (AvgIpc) is 3.06. The Morgan fingerprint density at radius 1 is 1.33 bits per heavy atom. The van der Waals surface area contributed by atoms with E-state index in [4.69, 9.17) is 9.90 Å². The number of carboxylic acids is 1. The normalized spacial score (nSPS) is 10.7. The number of nitrogens with one attached hydrogen (secondary N) is 1. The van der Waals surface area contributed by atoms with E-state index in [9.17, 15) is 18.0 Å². The molecule has 2 heterocycles. The quantitative estimate of drug-likeness (QED) is 0.853. The number of carbonyl (C=O) groups excluding carboxylic acids is 1. The average molecular weight is 380 g/mol. The van der Waals surface area contributed by atoms with Gasteiger partial charge in [0.2, 0.25) is 5.91 Å². The van der Waals surface area contributed by atoms with Crippen LogP contribution in [0.2, 0.25) is 0 Å². The highest BCUT2D eigenvalue weighted by Crippen LogP contribution is 2.16. The summed E-state index contributed by atoms with van der Waals surface area (Å²) in [5.74, 6) is -2.72. The number of carboxylic acid groups (broad SMARTS) is 1. The number of halogens is 3. The molecule has 2 rings (SSSR count). The van der Waals surface area contributed by atoms with Crippen molar-refractivity contribution in [2.24, 2.45) is 0 Å². The zero-order valence-electron chi connectivity index (χ0n) is 12.8. The van der Waals surface area contributed by atoms with Crippen LogP contribution in [0, 0.1) is 13.8 Å². The van der Waals surface area contributed by atoms with Crippen molar-refractivity contribution >= 4 is 34.6 Å². The molecule has 0 radical (unpaired) electrons. The fraction of sp³-hybridized carbons (Fsp3) is 0.357. The molecule has 0 aromatic carbocycles. The minimum atomic E-state index is -5.08. The Bertz CT molecular complexity index is 682. The van der Waals surface area contributed by atoms with E-state index in [0.29, 0.717) is 13.0 Å². The van der Waals surface area contributed by atoms with Crippen molar-refractivity contribution in [3.05, 3.63) is 38.0 Å². The van der Waals surface area contributed by atoms with Crippen LogP contribution in [0.5, 0.6) is 0 Å². The second kappa shape index (κ2) is 8.78. The Balaban J connectivity index is 0.000000351. The Kier molecular flexibility index (Phi) is 7.36. The van der Waals surface area contributed by atoms with Crippen LogP contribution in [0.15, 0.2) is 16.8 Å². The molecule has 24 heavy (non-hydrogen) atoms. The summed E-state index contributed by atoms with van der Waals surface area (Å²) >= 11 is 3.28. The van der Waals surface area contributed by atoms with Crippen molar-refractivity contribution in [3.63, 3.8) is 0 Å². The molecule has 0 unspecified atom stereocenters. The van der Waals surface area contributed by atoms with Crippen LogP contribution in [-0.2, 0) is 22.6 Å². The minimum Gasteiger partial charge on any atom is -0.475 e. The molecule has 0 atom stereocenters. The van der Waals surface area contributed by atoms with Gasteiger partial charge in [-0.2, -0.15) is 24.5 Å². The van der Waals surface area contributed by atoms with E-state index in [1.165, 1.54) is 0 Å². The zero-order valence-corrected chi connectivity index (χ0v) is 14.4. The molecule has 0 aliphatic heterocycles. The molecule has 2 aromatic rings. The Morgan fingerprint density at radius 2 is 1.96 bits per heavy atom. The van der Waals surface area contributed by atoms with Gasteiger partial charge in [-0.3, -0.25) is 4.79 Å². The van der Waals surface area contributed by atoms with Gasteiger partial charge in [0.25, 0.3) is 0 Å². The van der Waals surface area contributed by atoms with Crippen molar-refractivity contribution in [1.82, 2.24) is 10.3 Å². The molecule has 0 aliphatic rings. The predicted molar refractivity (Wildman–Crippen MR) is 85.1 cm³/mol. The maximum absolute atomic E-state index is 11.7. The highest BCUT2D eigenvalue weighted by molar-refractivity contribution is 7.11. The number of nitrogens with zero attached hydrogens (tertiary/aromatic N) is 1. The van der Waals surface area contributed by atoms with Crippen LogP contribution in [0.25, 0.3) is 0 Å². The van der Waals surface area contributed by atoms with Gasteiger partial charge < -0.3 is 10.4 Å². The number of hydrogen-bond acceptors (Lipinski definition) is 5. The van der Waals surface area contributed by atoms with Crippen LogP contribution in [0.3, 0.4) is 0 Å². The van der Waals surface area contributed by atoms with Crippen LogP contribution in [0.1, 0.15) is 21.1 Å². The summed E-state index contributed by atoms with van der Waals surface area (Å²) in [7, 11) is 0. The van der Waals surface area contributed by atoms with Crippen molar-refractivity contribution < 1.29 is 27.9 Å². The number of aliphatic carboxylic acids is 1. The standard InChI is InChI=1S/C12H14N2OS2.C2HF3O2/c1-8-11(14-9(2)17-8)5-12(15)13-6-10-3-4-16-7-10;3-2(4,5)1(6)7/h3-4,7H,5-6H2,1-2H3,(H,13,15);(H,6,7). The number of aryl methyl sites for hydroxylation is 2. The summed E-state index contributed by atoms with van der Waals surface area (Å²) in [6.45, 7) is 4.57. The lowest BCUT2D eigenvalue weighted by Gasteiger charge is -2.02. The number of amides is 1. The fourth-order valence-electron chi connectivity index (χ4n) is 1.54. The fourth-order valence-corrected chi connectivity index (χ4v) is 3.05. The summed E-state index contributed by atoms with van der Waals surface area (Å²) in [4.78, 5) is 26.1. The van der Waals surface area contributed by atoms with Crippen LogP contribution < -0.4 is 5.32 Å². The molecule has 5 nitrogen and oxygen atoms in total. The monoisotopic (exact) mass is 380 g/mol. The molecule has 2 aromatic heterocycles. The number of carbonyl (C=O) groups is 2. The molecule has 0 fully saturated rings. The van der Waals surface area contributed by atoms with E-state index in [0.717, 1.165) is 21.1 Å². The van der Waals surface area contributed by atoms with Crippen LogP contribution in [0.4, 0.5) is 13.2 Å². The highest BCUT2D eigenvalue weighted by atomic mass is 32.1. The van der Waals surface area contributed by atoms with Crippen molar-refractivity contribution in [2.45, 2.75) is 33.0 Å². The maximum Gasteiger partial charge on any atom is 0.490 e. The molecule has 0 bridgehead atoms. The lowest BCUT2D eigenvalue weighted by atomic mass is 10.2. The Morgan fingerprint density at radius 3 is 2.38 bits per heavy atom. The van der Waals surface area contributed by atoms with Gasteiger partial charge in [-0.1, -0.05) is 0 Å². The third-order valence-corrected chi connectivity index (χ3v) is 4.30. The van der Waals surface area contributed by atoms with Gasteiger partial charge in [0.05, 0.1) is 17.1 Å². The Hall–Kier alpha value is -1.94. The third kappa shape index (κ3) is 7.09. The predicted octanol–water partition coefficient (Wildman–Crippen LogP) is 3.31. The van der Waals surface area contributed by atoms with E-state index < -0.39 is 12.1 Å². The summed E-state index contributed by atoms with van der Waals surface area (Å²) < 4.78 is 31.7. The highest BCUT2D eigenvalue weighted by Gasteiger charge is 2.38. The first-order chi connectivity index (χ1) is 11.1. The Labute approximate surface area is 144 Å². The van der Waals surface area contributed by atoms with Gasteiger partial charge >= 0.3 is 12.1 Å². The molecule has 10 heteroatoms. The van der Waals surface area contributed by atoms with E-state index in [-0.39, 0.29) is 5.91 Å². The summed E-state index contributed by atoms with van der Waals surface area (Å²) in [6, 6.07) is 2.02. The third-order valence-electron chi connectivity index (χ3n) is 2.64. The van der Waals surface area contributed by atoms with Gasteiger partial charge in [0, 0.05) is 11.4 Å². The van der Waals surface area contributed by atoms with Gasteiger partial charge in [0.1, 0.15) is 0 Å². The molecule has 1 amide bonds. The lowest BCUT2D eigenvalue weighted by molar-refractivity contribution is -0.192. The maximum atomic E-state index is 11.7. The molecule has 0 aliphatic carbocycles. The van der Waals surface area contributed by atoms with E-state index in [2.05, 4.69) is 10.3 Å². The summed E-state index contributed by atoms with van der Waals surface area (Å²) in [6.07, 6.45) is -4.71. The van der Waals surface area contributed by atoms with Gasteiger partial charge in [0.15, 0.2) is 0 Å². The molecular formula is C14H15F3N2O3S2. The first-order valence-corrected chi connectivity index (χ1v) is 8.36. The van der Waals surface area contributed by atoms with Crippen molar-refractivity contribution in [3.8, 4) is 0 Å². The van der Waals surface area contributed by atoms with Crippen LogP contribution >= 0.6 is 22.7 Å². The molecular weight excluding hydrogens is 365 g/mol. The molecule has 0 saturated carbocycles. The second-order valence-electron chi connectivity index (χ2n) is 4.62. The molecule has 2 N–H and O–H groups in total. The second-order valence-corrected chi connectivity index (χ2v) is 6.81.